The number of rotatable bonds is 6. The number of hydrogen-bond acceptors (Lipinski definition) is 5. The number of hydrogen-bond donors (Lipinski definition) is 1. The van der Waals surface area contributed by atoms with Gasteiger partial charge in [-0.25, -0.2) is 17.8 Å². The minimum absolute atomic E-state index is 0.0384. The van der Waals surface area contributed by atoms with Crippen molar-refractivity contribution in [3.8, 4) is 10.6 Å². The van der Waals surface area contributed by atoms with Crippen LogP contribution in [0, 0.1) is 5.82 Å². The molecule has 4 rings (SSSR count). The Morgan fingerprint density at radius 2 is 1.74 bits per heavy atom. The predicted molar refractivity (Wildman–Crippen MR) is 122 cm³/mol. The van der Waals surface area contributed by atoms with Gasteiger partial charge >= 0.3 is 0 Å². The van der Waals surface area contributed by atoms with Gasteiger partial charge in [-0.15, -0.1) is 11.3 Å². The van der Waals surface area contributed by atoms with Gasteiger partial charge in [0.15, 0.2) is 9.84 Å². The zero-order valence-electron chi connectivity index (χ0n) is 16.6. The number of sulfone groups is 1. The number of carbonyl (C=O) groups excluding carboxylic acids is 1. The van der Waals surface area contributed by atoms with Crippen molar-refractivity contribution < 1.29 is 17.6 Å². The summed E-state index contributed by atoms with van der Waals surface area (Å²) in [5.41, 5.74) is 3.00. The van der Waals surface area contributed by atoms with Crippen molar-refractivity contribution in [2.24, 2.45) is 0 Å². The van der Waals surface area contributed by atoms with Crippen LogP contribution >= 0.6 is 11.3 Å². The van der Waals surface area contributed by atoms with E-state index in [-0.39, 0.29) is 28.8 Å². The molecule has 31 heavy (non-hydrogen) atoms. The van der Waals surface area contributed by atoms with Gasteiger partial charge in [-0.3, -0.25) is 4.79 Å². The lowest BCUT2D eigenvalue weighted by molar-refractivity contribution is -0.115. The van der Waals surface area contributed by atoms with Crippen LogP contribution in [0.1, 0.15) is 12.5 Å². The Morgan fingerprint density at radius 1 is 1.03 bits per heavy atom. The fourth-order valence-electron chi connectivity index (χ4n) is 3.09. The molecule has 1 aromatic heterocycles. The molecule has 0 atom stereocenters. The third kappa shape index (κ3) is 4.81. The highest BCUT2D eigenvalue weighted by Crippen LogP contribution is 2.31. The molecular formula is C23H19FN2O3S2. The van der Waals surface area contributed by atoms with E-state index in [1.807, 2.05) is 12.1 Å². The molecule has 5 nitrogen and oxygen atoms in total. The molecule has 8 heteroatoms. The lowest BCUT2D eigenvalue weighted by atomic mass is 10.1. The van der Waals surface area contributed by atoms with E-state index in [1.165, 1.54) is 35.6 Å². The van der Waals surface area contributed by atoms with Gasteiger partial charge in [0.05, 0.1) is 27.3 Å². The second-order valence-electron chi connectivity index (χ2n) is 6.98. The van der Waals surface area contributed by atoms with E-state index in [9.17, 15) is 17.6 Å². The number of benzene rings is 3. The molecule has 0 saturated heterocycles. The number of nitrogens with zero attached hydrogens (tertiary/aromatic N) is 1. The number of anilines is 1. The Balaban J connectivity index is 1.42. The monoisotopic (exact) mass is 454 g/mol. The summed E-state index contributed by atoms with van der Waals surface area (Å²) in [6.45, 7) is 1.60. The van der Waals surface area contributed by atoms with Gasteiger partial charge in [-0.2, -0.15) is 0 Å². The van der Waals surface area contributed by atoms with E-state index >= 15 is 0 Å². The largest absolute Gasteiger partial charge is 0.326 e. The first-order valence-corrected chi connectivity index (χ1v) is 12.1. The van der Waals surface area contributed by atoms with E-state index in [0.29, 0.717) is 5.69 Å². The summed E-state index contributed by atoms with van der Waals surface area (Å²) in [4.78, 5) is 17.1. The summed E-state index contributed by atoms with van der Waals surface area (Å²) in [6, 6.07) is 18.2. The Hall–Kier alpha value is -3.10. The number of aromatic nitrogens is 1. The van der Waals surface area contributed by atoms with Crippen LogP contribution in [0.3, 0.4) is 0 Å². The van der Waals surface area contributed by atoms with E-state index in [2.05, 4.69) is 10.3 Å². The Bertz CT molecular complexity index is 1350. The van der Waals surface area contributed by atoms with Gasteiger partial charge < -0.3 is 5.32 Å². The number of halogens is 1. The molecular weight excluding hydrogens is 435 g/mol. The van der Waals surface area contributed by atoms with Gasteiger partial charge in [0.1, 0.15) is 10.8 Å². The third-order valence-electron chi connectivity index (χ3n) is 4.79. The molecule has 3 aromatic carbocycles. The van der Waals surface area contributed by atoms with Gasteiger partial charge in [0.25, 0.3) is 0 Å². The number of thiazole rings is 1. The first kappa shape index (κ1) is 21.1. The van der Waals surface area contributed by atoms with Crippen LogP contribution < -0.4 is 5.32 Å². The van der Waals surface area contributed by atoms with E-state index in [4.69, 9.17) is 0 Å². The summed E-state index contributed by atoms with van der Waals surface area (Å²) < 4.78 is 37.9. The number of amides is 1. The second-order valence-corrected chi connectivity index (χ2v) is 10.3. The van der Waals surface area contributed by atoms with Gasteiger partial charge in [-0.1, -0.05) is 19.1 Å². The maximum Gasteiger partial charge on any atom is 0.228 e. The molecule has 0 bridgehead atoms. The van der Waals surface area contributed by atoms with E-state index in [1.54, 1.807) is 37.3 Å². The fraction of sp³-hybridized carbons (Fsp3) is 0.130. The summed E-state index contributed by atoms with van der Waals surface area (Å²) in [6.07, 6.45) is 0.137. The van der Waals surface area contributed by atoms with Crippen molar-refractivity contribution in [2.45, 2.75) is 18.2 Å². The number of fused-ring (bicyclic) bond motifs is 1. The first-order valence-electron chi connectivity index (χ1n) is 9.62. The second kappa shape index (κ2) is 8.56. The topological polar surface area (TPSA) is 76.1 Å². The first-order chi connectivity index (χ1) is 14.8. The molecule has 0 radical (unpaired) electrons. The van der Waals surface area contributed by atoms with Gasteiger partial charge in [0, 0.05) is 11.3 Å². The van der Waals surface area contributed by atoms with Crippen molar-refractivity contribution in [2.75, 3.05) is 11.1 Å². The highest BCUT2D eigenvalue weighted by molar-refractivity contribution is 7.91. The van der Waals surface area contributed by atoms with Crippen molar-refractivity contribution >= 4 is 43.0 Å². The van der Waals surface area contributed by atoms with Gasteiger partial charge in [-0.05, 0) is 60.2 Å². The Labute approximate surface area is 183 Å². The highest BCUT2D eigenvalue weighted by atomic mass is 32.2. The van der Waals surface area contributed by atoms with Crippen molar-refractivity contribution in [3.05, 3.63) is 78.1 Å². The minimum atomic E-state index is -3.25. The van der Waals surface area contributed by atoms with Gasteiger partial charge in [0.2, 0.25) is 5.91 Å². The minimum Gasteiger partial charge on any atom is -0.326 e. The molecule has 0 aliphatic rings. The van der Waals surface area contributed by atoms with Crippen LogP contribution in [0.15, 0.2) is 71.6 Å². The van der Waals surface area contributed by atoms with Crippen LogP contribution in [0.5, 0.6) is 0 Å². The SMILES string of the molecule is CCS(=O)(=O)c1ccc(CC(=O)Nc2ccc(-c3nc4ccc(F)cc4s3)cc2)cc1. The smallest absolute Gasteiger partial charge is 0.228 e. The molecule has 1 heterocycles. The highest BCUT2D eigenvalue weighted by Gasteiger charge is 2.12. The normalized spacial score (nSPS) is 11.5. The quantitative estimate of drug-likeness (QED) is 0.441. The zero-order valence-corrected chi connectivity index (χ0v) is 18.3. The average Bonchev–Trinajstić information content (AvgIpc) is 3.17. The maximum absolute atomic E-state index is 13.4. The summed E-state index contributed by atoms with van der Waals surface area (Å²) in [5.74, 6) is -0.451. The molecule has 0 fully saturated rings. The number of nitrogens with one attached hydrogen (secondary N) is 1. The molecule has 0 aliphatic heterocycles. The van der Waals surface area contributed by atoms with Crippen LogP contribution in [0.4, 0.5) is 10.1 Å². The summed E-state index contributed by atoms with van der Waals surface area (Å²) in [5, 5.41) is 3.61. The molecule has 1 N–H and O–H groups in total. The Morgan fingerprint density at radius 3 is 2.42 bits per heavy atom. The fourth-order valence-corrected chi connectivity index (χ4v) is 4.97. The average molecular weight is 455 g/mol. The molecule has 0 unspecified atom stereocenters. The molecule has 0 saturated carbocycles. The van der Waals surface area contributed by atoms with Crippen molar-refractivity contribution in [3.63, 3.8) is 0 Å². The zero-order chi connectivity index (χ0) is 22.0. The third-order valence-corrected chi connectivity index (χ3v) is 7.61. The molecule has 0 spiro atoms. The molecule has 4 aromatic rings. The van der Waals surface area contributed by atoms with E-state index in [0.717, 1.165) is 26.4 Å². The lowest BCUT2D eigenvalue weighted by Crippen LogP contribution is -2.14. The van der Waals surface area contributed by atoms with Crippen molar-refractivity contribution in [1.29, 1.82) is 0 Å². The lowest BCUT2D eigenvalue weighted by Gasteiger charge is -2.07. The van der Waals surface area contributed by atoms with Crippen LogP contribution in [0.2, 0.25) is 0 Å². The molecule has 1 amide bonds. The van der Waals surface area contributed by atoms with Crippen LogP contribution in [-0.2, 0) is 21.1 Å². The standard InChI is InChI=1S/C23H19FN2O3S2/c1-2-31(28,29)19-10-3-15(4-11-19)13-22(27)25-18-8-5-16(6-9-18)23-26-20-12-7-17(24)14-21(20)30-23/h3-12,14H,2,13H2,1H3,(H,25,27). The predicted octanol–water partition coefficient (Wildman–Crippen LogP) is 5.08. The van der Waals surface area contributed by atoms with Crippen LogP contribution in [0.25, 0.3) is 20.8 Å². The Kier molecular flexibility index (Phi) is 5.84. The number of carbonyl (C=O) groups is 1. The van der Waals surface area contributed by atoms with Crippen LogP contribution in [-0.4, -0.2) is 25.1 Å². The molecule has 158 valence electrons. The maximum atomic E-state index is 13.4. The summed E-state index contributed by atoms with van der Waals surface area (Å²) >= 11 is 1.41. The molecule has 0 aliphatic carbocycles. The summed E-state index contributed by atoms with van der Waals surface area (Å²) in [7, 11) is -3.25. The van der Waals surface area contributed by atoms with Crippen molar-refractivity contribution in [1.82, 2.24) is 4.98 Å². The van der Waals surface area contributed by atoms with E-state index < -0.39 is 9.84 Å².